The number of halogens is 3. The number of aliphatic carboxylic acids is 1. The maximum absolute atomic E-state index is 12.2. The summed E-state index contributed by atoms with van der Waals surface area (Å²) in [6, 6.07) is 4.85. The standard InChI is InChI=1S/C12H11F3O2/c13-12(14,15)10-7-5-9(6-8-10)3-1-2-4-11(16)17/h2,4-8H,1,3H2,(H,16,17). The summed E-state index contributed by atoms with van der Waals surface area (Å²) in [4.78, 5) is 10.2. The van der Waals surface area contributed by atoms with Crippen molar-refractivity contribution >= 4 is 5.97 Å². The molecule has 0 spiro atoms. The molecule has 0 saturated heterocycles. The Morgan fingerprint density at radius 1 is 1.24 bits per heavy atom. The van der Waals surface area contributed by atoms with E-state index < -0.39 is 17.7 Å². The molecule has 0 fully saturated rings. The summed E-state index contributed by atoms with van der Waals surface area (Å²) in [6.07, 6.45) is -0.828. The number of hydrogen-bond acceptors (Lipinski definition) is 1. The smallest absolute Gasteiger partial charge is 0.416 e. The first-order valence-corrected chi connectivity index (χ1v) is 4.95. The molecule has 0 bridgehead atoms. The number of alkyl halides is 3. The van der Waals surface area contributed by atoms with E-state index in [0.29, 0.717) is 12.8 Å². The molecule has 0 amide bonds. The number of carboxylic acid groups (broad SMARTS) is 1. The summed E-state index contributed by atoms with van der Waals surface area (Å²) < 4.78 is 36.7. The maximum Gasteiger partial charge on any atom is 0.416 e. The topological polar surface area (TPSA) is 37.3 Å². The minimum Gasteiger partial charge on any atom is -0.478 e. The summed E-state index contributed by atoms with van der Waals surface area (Å²) in [5.41, 5.74) is 0.0652. The van der Waals surface area contributed by atoms with Gasteiger partial charge in [-0.25, -0.2) is 4.79 Å². The Hall–Kier alpha value is -1.78. The largest absolute Gasteiger partial charge is 0.478 e. The second-order valence-electron chi connectivity index (χ2n) is 3.47. The van der Waals surface area contributed by atoms with E-state index >= 15 is 0 Å². The first-order valence-electron chi connectivity index (χ1n) is 4.95. The van der Waals surface area contributed by atoms with Gasteiger partial charge < -0.3 is 5.11 Å². The molecule has 1 rings (SSSR count). The monoisotopic (exact) mass is 244 g/mol. The molecule has 2 nitrogen and oxygen atoms in total. The molecule has 0 aliphatic heterocycles. The molecule has 5 heteroatoms. The number of rotatable bonds is 4. The van der Waals surface area contributed by atoms with Crippen LogP contribution in [0.4, 0.5) is 13.2 Å². The third-order valence-electron chi connectivity index (χ3n) is 2.14. The number of carboxylic acids is 1. The fraction of sp³-hybridized carbons (Fsp3) is 0.250. The van der Waals surface area contributed by atoms with Gasteiger partial charge in [-0.05, 0) is 30.5 Å². The minimum atomic E-state index is -4.32. The molecule has 17 heavy (non-hydrogen) atoms. The van der Waals surface area contributed by atoms with Crippen LogP contribution in [0.5, 0.6) is 0 Å². The Bertz CT molecular complexity index is 405. The van der Waals surface area contributed by atoms with Gasteiger partial charge in [0.1, 0.15) is 0 Å². The predicted molar refractivity (Wildman–Crippen MR) is 56.5 cm³/mol. The van der Waals surface area contributed by atoms with Crippen LogP contribution in [0.25, 0.3) is 0 Å². The van der Waals surface area contributed by atoms with Crippen LogP contribution in [0.15, 0.2) is 36.4 Å². The summed E-state index contributed by atoms with van der Waals surface area (Å²) in [5.74, 6) is -1.03. The molecule has 1 aromatic carbocycles. The Balaban J connectivity index is 2.55. The number of allylic oxidation sites excluding steroid dienone is 1. The van der Waals surface area contributed by atoms with Gasteiger partial charge in [-0.2, -0.15) is 13.2 Å². The van der Waals surface area contributed by atoms with Crippen LogP contribution in [0, 0.1) is 0 Å². The predicted octanol–water partition coefficient (Wildman–Crippen LogP) is 3.28. The average molecular weight is 244 g/mol. The fourth-order valence-electron chi connectivity index (χ4n) is 1.29. The van der Waals surface area contributed by atoms with Crippen molar-refractivity contribution in [3.05, 3.63) is 47.5 Å². The highest BCUT2D eigenvalue weighted by Crippen LogP contribution is 2.29. The van der Waals surface area contributed by atoms with Crippen LogP contribution in [0.2, 0.25) is 0 Å². The average Bonchev–Trinajstić information content (AvgIpc) is 2.23. The zero-order valence-corrected chi connectivity index (χ0v) is 8.87. The van der Waals surface area contributed by atoms with Crippen LogP contribution in [0.1, 0.15) is 17.5 Å². The van der Waals surface area contributed by atoms with Gasteiger partial charge in [0.25, 0.3) is 0 Å². The van der Waals surface area contributed by atoms with Crippen molar-refractivity contribution in [3.63, 3.8) is 0 Å². The molecule has 1 aromatic rings. The molecule has 0 aliphatic rings. The van der Waals surface area contributed by atoms with Crippen molar-refractivity contribution in [2.75, 3.05) is 0 Å². The second-order valence-corrected chi connectivity index (χ2v) is 3.47. The van der Waals surface area contributed by atoms with Gasteiger partial charge in [0.2, 0.25) is 0 Å². The molecule has 0 heterocycles. The molecule has 0 saturated carbocycles. The molecular formula is C12H11F3O2. The van der Waals surface area contributed by atoms with Crippen LogP contribution in [-0.2, 0) is 17.4 Å². The first-order chi connectivity index (χ1) is 7.89. The molecule has 0 atom stereocenters. The Kier molecular flexibility index (Phi) is 4.31. The van der Waals surface area contributed by atoms with E-state index in [2.05, 4.69) is 0 Å². The van der Waals surface area contributed by atoms with Crippen molar-refractivity contribution in [2.24, 2.45) is 0 Å². The van der Waals surface area contributed by atoms with E-state index in [1.165, 1.54) is 18.2 Å². The van der Waals surface area contributed by atoms with Crippen molar-refractivity contribution in [1.82, 2.24) is 0 Å². The van der Waals surface area contributed by atoms with Gasteiger partial charge in [-0.15, -0.1) is 0 Å². The highest BCUT2D eigenvalue weighted by atomic mass is 19.4. The Labute approximate surface area is 96.4 Å². The van der Waals surface area contributed by atoms with Crippen molar-refractivity contribution in [2.45, 2.75) is 19.0 Å². The fourth-order valence-corrected chi connectivity index (χ4v) is 1.29. The van der Waals surface area contributed by atoms with E-state index in [9.17, 15) is 18.0 Å². The van der Waals surface area contributed by atoms with E-state index in [0.717, 1.165) is 23.8 Å². The Morgan fingerprint density at radius 2 is 1.82 bits per heavy atom. The van der Waals surface area contributed by atoms with Gasteiger partial charge in [0.05, 0.1) is 5.56 Å². The van der Waals surface area contributed by atoms with Crippen LogP contribution < -0.4 is 0 Å². The third-order valence-corrected chi connectivity index (χ3v) is 2.14. The number of benzene rings is 1. The van der Waals surface area contributed by atoms with E-state index in [1.54, 1.807) is 0 Å². The summed E-state index contributed by atoms with van der Waals surface area (Å²) in [6.45, 7) is 0. The summed E-state index contributed by atoms with van der Waals surface area (Å²) in [7, 11) is 0. The van der Waals surface area contributed by atoms with Crippen molar-refractivity contribution in [1.29, 1.82) is 0 Å². The minimum absolute atomic E-state index is 0.484. The SMILES string of the molecule is O=C(O)C=CCCc1ccc(C(F)(F)F)cc1. The number of carbonyl (C=O) groups is 1. The van der Waals surface area contributed by atoms with Gasteiger partial charge in [-0.3, -0.25) is 0 Å². The highest BCUT2D eigenvalue weighted by molar-refractivity contribution is 5.79. The van der Waals surface area contributed by atoms with Crippen LogP contribution >= 0.6 is 0 Å². The van der Waals surface area contributed by atoms with Crippen molar-refractivity contribution in [3.8, 4) is 0 Å². The van der Waals surface area contributed by atoms with E-state index in [-0.39, 0.29) is 0 Å². The molecular weight excluding hydrogens is 233 g/mol. The second kappa shape index (κ2) is 5.52. The van der Waals surface area contributed by atoms with Crippen molar-refractivity contribution < 1.29 is 23.1 Å². The zero-order valence-electron chi connectivity index (χ0n) is 8.87. The lowest BCUT2D eigenvalue weighted by atomic mass is 10.1. The zero-order chi connectivity index (χ0) is 12.9. The van der Waals surface area contributed by atoms with Crippen LogP contribution in [-0.4, -0.2) is 11.1 Å². The van der Waals surface area contributed by atoms with Gasteiger partial charge >= 0.3 is 12.1 Å². The number of aryl methyl sites for hydroxylation is 1. The lowest BCUT2D eigenvalue weighted by molar-refractivity contribution is -0.137. The summed E-state index contributed by atoms with van der Waals surface area (Å²) in [5, 5.41) is 8.32. The summed E-state index contributed by atoms with van der Waals surface area (Å²) >= 11 is 0. The molecule has 1 N–H and O–H groups in total. The lowest BCUT2D eigenvalue weighted by Gasteiger charge is -2.06. The third kappa shape index (κ3) is 4.72. The maximum atomic E-state index is 12.2. The lowest BCUT2D eigenvalue weighted by Crippen LogP contribution is -2.04. The quantitative estimate of drug-likeness (QED) is 0.825. The molecule has 0 unspecified atom stereocenters. The Morgan fingerprint density at radius 3 is 2.29 bits per heavy atom. The molecule has 92 valence electrons. The van der Waals surface area contributed by atoms with Crippen LogP contribution in [0.3, 0.4) is 0 Å². The molecule has 0 radical (unpaired) electrons. The van der Waals surface area contributed by atoms with Gasteiger partial charge in [0, 0.05) is 6.08 Å². The van der Waals surface area contributed by atoms with E-state index in [4.69, 9.17) is 5.11 Å². The molecule has 0 aliphatic carbocycles. The van der Waals surface area contributed by atoms with E-state index in [1.807, 2.05) is 0 Å². The normalized spacial score (nSPS) is 11.9. The van der Waals surface area contributed by atoms with Gasteiger partial charge in [0.15, 0.2) is 0 Å². The highest BCUT2D eigenvalue weighted by Gasteiger charge is 2.29. The molecule has 0 aromatic heterocycles. The van der Waals surface area contributed by atoms with Gasteiger partial charge in [-0.1, -0.05) is 18.2 Å². The number of hydrogen-bond donors (Lipinski definition) is 1. The first kappa shape index (κ1) is 13.3.